The molecule has 2 unspecified atom stereocenters. The molecule has 19 heavy (non-hydrogen) atoms. The van der Waals surface area contributed by atoms with Crippen molar-refractivity contribution in [1.82, 2.24) is 4.90 Å². The van der Waals surface area contributed by atoms with E-state index in [-0.39, 0.29) is 6.04 Å². The molecule has 3 nitrogen and oxygen atoms in total. The highest BCUT2D eigenvalue weighted by Gasteiger charge is 2.21. The van der Waals surface area contributed by atoms with E-state index < -0.39 is 0 Å². The molecule has 1 aliphatic rings. The molecule has 1 aromatic carbocycles. The first-order chi connectivity index (χ1) is 9.20. The Hall–Kier alpha value is -0.610. The molecule has 0 aliphatic carbocycles. The van der Waals surface area contributed by atoms with Crippen molar-refractivity contribution in [3.8, 4) is 0 Å². The summed E-state index contributed by atoms with van der Waals surface area (Å²) in [6, 6.07) is 8.15. The van der Waals surface area contributed by atoms with Crippen molar-refractivity contribution < 1.29 is 4.74 Å². The van der Waals surface area contributed by atoms with Gasteiger partial charge in [0.25, 0.3) is 0 Å². The second-order valence-electron chi connectivity index (χ2n) is 5.23. The fraction of sp³-hybridized carbons (Fsp3) is 0.600. The van der Waals surface area contributed by atoms with Gasteiger partial charge in [0.05, 0.1) is 6.10 Å². The largest absolute Gasteiger partial charge is 0.377 e. The first-order valence-corrected chi connectivity index (χ1v) is 7.36. The summed E-state index contributed by atoms with van der Waals surface area (Å²) < 4.78 is 5.79. The van der Waals surface area contributed by atoms with Crippen molar-refractivity contribution >= 4 is 11.6 Å². The van der Waals surface area contributed by atoms with Crippen LogP contribution in [0.1, 0.15) is 30.9 Å². The van der Waals surface area contributed by atoms with Crippen LogP contribution in [0, 0.1) is 0 Å². The SMILES string of the molecule is CN(CC1CCCCO1)C(CN)c1cccc(Cl)c1. The van der Waals surface area contributed by atoms with Crippen LogP contribution in [0.25, 0.3) is 0 Å². The standard InChI is InChI=1S/C15H23ClN2O/c1-18(11-14-7-2-3-8-19-14)15(10-17)12-5-4-6-13(16)9-12/h4-6,9,14-15H,2-3,7-8,10-11,17H2,1H3. The van der Waals surface area contributed by atoms with Crippen molar-refractivity contribution in [1.29, 1.82) is 0 Å². The summed E-state index contributed by atoms with van der Waals surface area (Å²) >= 11 is 6.06. The van der Waals surface area contributed by atoms with Gasteiger partial charge in [0, 0.05) is 30.8 Å². The minimum atomic E-state index is 0.198. The normalized spacial score (nSPS) is 21.6. The van der Waals surface area contributed by atoms with E-state index in [0.717, 1.165) is 24.6 Å². The maximum Gasteiger partial charge on any atom is 0.0702 e. The summed E-state index contributed by atoms with van der Waals surface area (Å²) in [6.45, 7) is 2.40. The van der Waals surface area contributed by atoms with Gasteiger partial charge in [-0.2, -0.15) is 0 Å². The van der Waals surface area contributed by atoms with E-state index in [1.54, 1.807) is 0 Å². The Labute approximate surface area is 120 Å². The molecular formula is C15H23ClN2O. The van der Waals surface area contributed by atoms with Crippen LogP contribution < -0.4 is 5.73 Å². The third-order valence-corrected chi connectivity index (χ3v) is 3.99. The smallest absolute Gasteiger partial charge is 0.0702 e. The first kappa shape index (κ1) is 14.8. The van der Waals surface area contributed by atoms with E-state index in [9.17, 15) is 0 Å². The minimum absolute atomic E-state index is 0.198. The minimum Gasteiger partial charge on any atom is -0.377 e. The van der Waals surface area contributed by atoms with E-state index in [2.05, 4.69) is 18.0 Å². The Morgan fingerprint density at radius 3 is 2.95 bits per heavy atom. The Morgan fingerprint density at radius 1 is 1.47 bits per heavy atom. The summed E-state index contributed by atoms with van der Waals surface area (Å²) in [6.07, 6.45) is 3.95. The topological polar surface area (TPSA) is 38.5 Å². The van der Waals surface area contributed by atoms with Gasteiger partial charge in [-0.05, 0) is 44.0 Å². The predicted octanol–water partition coefficient (Wildman–Crippen LogP) is 2.84. The van der Waals surface area contributed by atoms with Crippen LogP contribution in [0.2, 0.25) is 5.02 Å². The average Bonchev–Trinajstić information content (AvgIpc) is 2.41. The lowest BCUT2D eigenvalue weighted by Gasteiger charge is -2.32. The van der Waals surface area contributed by atoms with Gasteiger partial charge in [-0.25, -0.2) is 0 Å². The van der Waals surface area contributed by atoms with Gasteiger partial charge in [-0.3, -0.25) is 4.90 Å². The van der Waals surface area contributed by atoms with Crippen LogP contribution in [-0.4, -0.2) is 37.7 Å². The molecule has 1 aliphatic heterocycles. The number of hydrogen-bond donors (Lipinski definition) is 1. The molecule has 1 aromatic rings. The number of rotatable bonds is 5. The molecular weight excluding hydrogens is 260 g/mol. The molecule has 0 spiro atoms. The first-order valence-electron chi connectivity index (χ1n) is 6.98. The predicted molar refractivity (Wildman–Crippen MR) is 79.5 cm³/mol. The van der Waals surface area contributed by atoms with Crippen molar-refractivity contribution in [3.63, 3.8) is 0 Å². The number of halogens is 1. The lowest BCUT2D eigenvalue weighted by Crippen LogP contribution is -2.38. The third-order valence-electron chi connectivity index (χ3n) is 3.75. The maximum atomic E-state index is 6.06. The highest BCUT2D eigenvalue weighted by Crippen LogP contribution is 2.23. The van der Waals surface area contributed by atoms with Crippen molar-refractivity contribution in [2.24, 2.45) is 5.73 Å². The number of nitrogens with two attached hydrogens (primary N) is 1. The fourth-order valence-corrected chi connectivity index (χ4v) is 2.88. The average molecular weight is 283 g/mol. The van der Waals surface area contributed by atoms with Gasteiger partial charge >= 0.3 is 0 Å². The number of likely N-dealkylation sites (N-methyl/N-ethyl adjacent to an activating group) is 1. The number of nitrogens with zero attached hydrogens (tertiary/aromatic N) is 1. The van der Waals surface area contributed by atoms with Crippen LogP contribution in [0.15, 0.2) is 24.3 Å². The zero-order chi connectivity index (χ0) is 13.7. The Bertz CT molecular complexity index is 393. The summed E-state index contributed by atoms with van der Waals surface area (Å²) in [5, 5.41) is 0.762. The molecule has 106 valence electrons. The molecule has 2 atom stereocenters. The quantitative estimate of drug-likeness (QED) is 0.902. The fourth-order valence-electron chi connectivity index (χ4n) is 2.68. The number of ether oxygens (including phenoxy) is 1. The van der Waals surface area contributed by atoms with E-state index in [1.807, 2.05) is 18.2 Å². The van der Waals surface area contributed by atoms with Crippen LogP contribution in [0.4, 0.5) is 0 Å². The Morgan fingerprint density at radius 2 is 2.32 bits per heavy atom. The van der Waals surface area contributed by atoms with Crippen molar-refractivity contribution in [3.05, 3.63) is 34.9 Å². The van der Waals surface area contributed by atoms with Gasteiger partial charge < -0.3 is 10.5 Å². The molecule has 0 bridgehead atoms. The lowest BCUT2D eigenvalue weighted by molar-refractivity contribution is -0.00777. The van der Waals surface area contributed by atoms with E-state index >= 15 is 0 Å². The molecule has 0 saturated carbocycles. The number of hydrogen-bond acceptors (Lipinski definition) is 3. The van der Waals surface area contributed by atoms with Crippen molar-refractivity contribution in [2.75, 3.05) is 26.7 Å². The highest BCUT2D eigenvalue weighted by molar-refractivity contribution is 6.30. The second kappa shape index (κ2) is 7.25. The molecule has 4 heteroatoms. The zero-order valence-electron chi connectivity index (χ0n) is 11.5. The molecule has 2 N–H and O–H groups in total. The summed E-state index contributed by atoms with van der Waals surface area (Å²) in [4.78, 5) is 2.28. The van der Waals surface area contributed by atoms with Gasteiger partial charge in [-0.15, -0.1) is 0 Å². The van der Waals surface area contributed by atoms with E-state index in [4.69, 9.17) is 22.1 Å². The van der Waals surface area contributed by atoms with Gasteiger partial charge in [0.15, 0.2) is 0 Å². The molecule has 2 rings (SSSR count). The van der Waals surface area contributed by atoms with Gasteiger partial charge in [-0.1, -0.05) is 23.7 Å². The molecule has 1 fully saturated rings. The lowest BCUT2D eigenvalue weighted by atomic mass is 10.0. The second-order valence-corrected chi connectivity index (χ2v) is 5.67. The number of benzene rings is 1. The highest BCUT2D eigenvalue weighted by atomic mass is 35.5. The Kier molecular flexibility index (Phi) is 5.64. The third kappa shape index (κ3) is 4.18. The Balaban J connectivity index is 1.99. The van der Waals surface area contributed by atoms with Crippen LogP contribution >= 0.6 is 11.6 Å². The molecule has 1 saturated heterocycles. The summed E-state index contributed by atoms with van der Waals surface area (Å²) in [7, 11) is 2.11. The maximum absolute atomic E-state index is 6.06. The molecule has 0 radical (unpaired) electrons. The monoisotopic (exact) mass is 282 g/mol. The van der Waals surface area contributed by atoms with Gasteiger partial charge in [0.1, 0.15) is 0 Å². The van der Waals surface area contributed by atoms with Crippen molar-refractivity contribution in [2.45, 2.75) is 31.4 Å². The van der Waals surface area contributed by atoms with Crippen LogP contribution in [-0.2, 0) is 4.74 Å². The summed E-state index contributed by atoms with van der Waals surface area (Å²) in [5.74, 6) is 0. The van der Waals surface area contributed by atoms with E-state index in [1.165, 1.54) is 18.4 Å². The zero-order valence-corrected chi connectivity index (χ0v) is 12.3. The molecule has 0 amide bonds. The summed E-state index contributed by atoms with van der Waals surface area (Å²) in [5.41, 5.74) is 7.11. The van der Waals surface area contributed by atoms with Crippen LogP contribution in [0.5, 0.6) is 0 Å². The van der Waals surface area contributed by atoms with Gasteiger partial charge in [0.2, 0.25) is 0 Å². The molecule has 1 heterocycles. The van der Waals surface area contributed by atoms with E-state index in [0.29, 0.717) is 12.6 Å². The molecule has 0 aromatic heterocycles. The van der Waals surface area contributed by atoms with Crippen LogP contribution in [0.3, 0.4) is 0 Å².